The van der Waals surface area contributed by atoms with Crippen LogP contribution in [-0.4, -0.2) is 57.2 Å². The fourth-order valence-corrected chi connectivity index (χ4v) is 3.56. The molecule has 7 nitrogen and oxygen atoms in total. The number of carbonyl (C=O) groups excluding carboxylic acids is 1. The molecule has 0 bridgehead atoms. The molecule has 0 saturated carbocycles. The molecule has 1 aliphatic rings. The molecule has 1 unspecified atom stereocenters. The molecule has 0 spiro atoms. The first kappa shape index (κ1) is 22.9. The van der Waals surface area contributed by atoms with Gasteiger partial charge in [0.25, 0.3) is 0 Å². The van der Waals surface area contributed by atoms with Crippen LogP contribution in [0.2, 0.25) is 0 Å². The molecule has 1 heterocycles. The summed E-state index contributed by atoms with van der Waals surface area (Å²) >= 11 is 0. The van der Waals surface area contributed by atoms with Crippen molar-refractivity contribution in [3.05, 3.63) is 47.3 Å². The minimum atomic E-state index is -1.07. The first-order valence-electron chi connectivity index (χ1n) is 9.92. The van der Waals surface area contributed by atoms with Gasteiger partial charge in [0.15, 0.2) is 11.6 Å². The second kappa shape index (κ2) is 9.99. The van der Waals surface area contributed by atoms with E-state index in [9.17, 15) is 13.6 Å². The standard InChI is InChI=1S/C21H26F3N5O2/c1-27-20(21(30)28-6-7-29-8-10-31-11-9-29)13-3-2-12(17(23)19(13)26)16-14(22)4-5-15(25)18(16)24/h2-5,20,27H,6-11,25-26H2,1H3,(H,28,30). The number of halogens is 3. The molecule has 0 aliphatic carbocycles. The zero-order valence-corrected chi connectivity index (χ0v) is 17.2. The SMILES string of the molecule is CNC(C(=O)NCCN1CCOCC1)c1ccc(-c2c(F)ccc(N)c2F)c(F)c1N. The summed E-state index contributed by atoms with van der Waals surface area (Å²) < 4.78 is 48.8. The number of hydrogen-bond donors (Lipinski definition) is 4. The zero-order chi connectivity index (χ0) is 22.5. The number of anilines is 2. The molecule has 0 aromatic heterocycles. The molecule has 0 radical (unpaired) electrons. The largest absolute Gasteiger partial charge is 0.396 e. The van der Waals surface area contributed by atoms with E-state index in [1.807, 2.05) is 0 Å². The molecule has 1 aliphatic heterocycles. The number of nitrogen functional groups attached to an aromatic ring is 2. The Kier molecular flexibility index (Phi) is 7.37. The maximum Gasteiger partial charge on any atom is 0.241 e. The Labute approximate surface area is 178 Å². The quantitative estimate of drug-likeness (QED) is 0.491. The van der Waals surface area contributed by atoms with Gasteiger partial charge in [0.05, 0.1) is 30.2 Å². The molecule has 168 valence electrons. The van der Waals surface area contributed by atoms with E-state index in [4.69, 9.17) is 16.2 Å². The summed E-state index contributed by atoms with van der Waals surface area (Å²) in [7, 11) is 1.54. The van der Waals surface area contributed by atoms with Crippen LogP contribution in [0.15, 0.2) is 24.3 Å². The van der Waals surface area contributed by atoms with Gasteiger partial charge in [0, 0.05) is 37.3 Å². The van der Waals surface area contributed by atoms with Crippen LogP contribution in [0.5, 0.6) is 0 Å². The van der Waals surface area contributed by atoms with Crippen LogP contribution >= 0.6 is 0 Å². The fraction of sp³-hybridized carbons (Fsp3) is 0.381. The summed E-state index contributed by atoms with van der Waals surface area (Å²) in [5.74, 6) is -3.46. The molecule has 1 atom stereocenters. The number of amides is 1. The van der Waals surface area contributed by atoms with Gasteiger partial charge in [-0.05, 0) is 19.2 Å². The van der Waals surface area contributed by atoms with Crippen molar-refractivity contribution in [2.45, 2.75) is 6.04 Å². The molecule has 1 saturated heterocycles. The number of ether oxygens (including phenoxy) is 1. The van der Waals surface area contributed by atoms with Crippen LogP contribution in [0.4, 0.5) is 24.5 Å². The summed E-state index contributed by atoms with van der Waals surface area (Å²) in [5, 5.41) is 5.60. The van der Waals surface area contributed by atoms with E-state index >= 15 is 4.39 Å². The summed E-state index contributed by atoms with van der Waals surface area (Å²) in [6.07, 6.45) is 0. The van der Waals surface area contributed by atoms with Crippen molar-refractivity contribution in [3.8, 4) is 11.1 Å². The Morgan fingerprint density at radius 1 is 1.13 bits per heavy atom. The van der Waals surface area contributed by atoms with Gasteiger partial charge in [-0.15, -0.1) is 0 Å². The molecular weight excluding hydrogens is 411 g/mol. The lowest BCUT2D eigenvalue weighted by Crippen LogP contribution is -2.43. The van der Waals surface area contributed by atoms with Crippen molar-refractivity contribution in [2.24, 2.45) is 0 Å². The third-order valence-corrected chi connectivity index (χ3v) is 5.30. The molecule has 2 aromatic rings. The summed E-state index contributed by atoms with van der Waals surface area (Å²) in [4.78, 5) is 14.8. The van der Waals surface area contributed by atoms with E-state index in [0.29, 0.717) is 26.3 Å². The Bertz CT molecular complexity index is 951. The number of nitrogens with one attached hydrogen (secondary N) is 2. The summed E-state index contributed by atoms with van der Waals surface area (Å²) in [6.45, 7) is 3.95. The Hall–Kier alpha value is -2.82. The van der Waals surface area contributed by atoms with Gasteiger partial charge in [-0.2, -0.15) is 0 Å². The highest BCUT2D eigenvalue weighted by molar-refractivity contribution is 5.86. The summed E-state index contributed by atoms with van der Waals surface area (Å²) in [6, 6.07) is 3.63. The second-order valence-corrected chi connectivity index (χ2v) is 7.22. The average molecular weight is 437 g/mol. The van der Waals surface area contributed by atoms with Crippen molar-refractivity contribution in [3.63, 3.8) is 0 Å². The van der Waals surface area contributed by atoms with Crippen LogP contribution in [0.3, 0.4) is 0 Å². The van der Waals surface area contributed by atoms with E-state index in [2.05, 4.69) is 15.5 Å². The van der Waals surface area contributed by atoms with Crippen molar-refractivity contribution >= 4 is 17.3 Å². The van der Waals surface area contributed by atoms with Crippen LogP contribution in [-0.2, 0) is 9.53 Å². The zero-order valence-electron chi connectivity index (χ0n) is 17.2. The van der Waals surface area contributed by atoms with E-state index in [1.54, 1.807) is 0 Å². The van der Waals surface area contributed by atoms with Crippen LogP contribution in [0.1, 0.15) is 11.6 Å². The molecule has 10 heteroatoms. The lowest BCUT2D eigenvalue weighted by atomic mass is 9.96. The first-order chi connectivity index (χ1) is 14.8. The maximum atomic E-state index is 15.0. The van der Waals surface area contributed by atoms with E-state index in [-0.39, 0.29) is 22.5 Å². The summed E-state index contributed by atoms with van der Waals surface area (Å²) in [5.41, 5.74) is 9.91. The number of nitrogens with zero attached hydrogens (tertiary/aromatic N) is 1. The normalized spacial score (nSPS) is 15.6. The van der Waals surface area contributed by atoms with E-state index in [1.165, 1.54) is 19.2 Å². The second-order valence-electron chi connectivity index (χ2n) is 7.22. The maximum absolute atomic E-state index is 15.0. The van der Waals surface area contributed by atoms with Crippen LogP contribution < -0.4 is 22.1 Å². The number of nitrogens with two attached hydrogens (primary N) is 2. The highest BCUT2D eigenvalue weighted by atomic mass is 19.1. The van der Waals surface area contributed by atoms with Gasteiger partial charge >= 0.3 is 0 Å². The van der Waals surface area contributed by atoms with Gasteiger partial charge in [0.1, 0.15) is 11.9 Å². The van der Waals surface area contributed by atoms with Crippen molar-refractivity contribution in [1.29, 1.82) is 0 Å². The van der Waals surface area contributed by atoms with E-state index in [0.717, 1.165) is 25.2 Å². The smallest absolute Gasteiger partial charge is 0.241 e. The average Bonchev–Trinajstić information content (AvgIpc) is 2.76. The minimum absolute atomic E-state index is 0.164. The van der Waals surface area contributed by atoms with Gasteiger partial charge in [0.2, 0.25) is 5.91 Å². The number of hydrogen-bond acceptors (Lipinski definition) is 6. The van der Waals surface area contributed by atoms with Crippen molar-refractivity contribution in [1.82, 2.24) is 15.5 Å². The highest BCUT2D eigenvalue weighted by Crippen LogP contribution is 2.35. The number of carbonyl (C=O) groups is 1. The number of likely N-dealkylation sites (N-methyl/N-ethyl adjacent to an activating group) is 1. The van der Waals surface area contributed by atoms with Crippen molar-refractivity contribution in [2.75, 3.05) is 57.9 Å². The molecule has 6 N–H and O–H groups in total. The molecule has 31 heavy (non-hydrogen) atoms. The highest BCUT2D eigenvalue weighted by Gasteiger charge is 2.26. The van der Waals surface area contributed by atoms with Gasteiger partial charge < -0.3 is 26.8 Å². The van der Waals surface area contributed by atoms with Gasteiger partial charge in [-0.3, -0.25) is 9.69 Å². The molecule has 2 aromatic carbocycles. The van der Waals surface area contributed by atoms with E-state index < -0.39 is 35.0 Å². The molecule has 1 fully saturated rings. The van der Waals surface area contributed by atoms with Gasteiger partial charge in [-0.25, -0.2) is 13.2 Å². The molecular formula is C21H26F3N5O2. The van der Waals surface area contributed by atoms with Gasteiger partial charge in [-0.1, -0.05) is 12.1 Å². The molecule has 3 rings (SSSR count). The predicted octanol–water partition coefficient (Wildman–Crippen LogP) is 1.64. The fourth-order valence-electron chi connectivity index (χ4n) is 3.56. The molecule has 1 amide bonds. The number of rotatable bonds is 7. The Balaban J connectivity index is 1.79. The topological polar surface area (TPSA) is 106 Å². The first-order valence-corrected chi connectivity index (χ1v) is 9.92. The Morgan fingerprint density at radius 3 is 2.52 bits per heavy atom. The number of morpholine rings is 1. The third kappa shape index (κ3) is 4.92. The monoisotopic (exact) mass is 437 g/mol. The predicted molar refractivity (Wildman–Crippen MR) is 113 cm³/mol. The van der Waals surface area contributed by atoms with Crippen LogP contribution in [0.25, 0.3) is 11.1 Å². The Morgan fingerprint density at radius 2 is 1.84 bits per heavy atom. The van der Waals surface area contributed by atoms with Crippen molar-refractivity contribution < 1.29 is 22.7 Å². The minimum Gasteiger partial charge on any atom is -0.396 e. The number of benzene rings is 2. The third-order valence-electron chi connectivity index (χ3n) is 5.30. The van der Waals surface area contributed by atoms with Crippen LogP contribution in [0, 0.1) is 17.5 Å². The lowest BCUT2D eigenvalue weighted by Gasteiger charge is -2.27. The lowest BCUT2D eigenvalue weighted by molar-refractivity contribution is -0.123.